The highest BCUT2D eigenvalue weighted by Crippen LogP contribution is 2.50. The topological polar surface area (TPSA) is 21.3 Å². The SMILES string of the molecule is CNC1(C2OCCc3sccc32)CC1. The predicted octanol–water partition coefficient (Wildman–Crippen LogP) is 2.11. The first-order chi connectivity index (χ1) is 6.86. The first kappa shape index (κ1) is 8.89. The zero-order chi connectivity index (χ0) is 9.60. The van der Waals surface area contributed by atoms with Gasteiger partial charge < -0.3 is 10.1 Å². The highest BCUT2D eigenvalue weighted by molar-refractivity contribution is 7.10. The molecule has 1 aliphatic carbocycles. The predicted molar refractivity (Wildman–Crippen MR) is 57.7 cm³/mol. The van der Waals surface area contributed by atoms with Gasteiger partial charge in [-0.25, -0.2) is 0 Å². The van der Waals surface area contributed by atoms with E-state index in [1.54, 1.807) is 0 Å². The Labute approximate surface area is 88.3 Å². The van der Waals surface area contributed by atoms with Crippen molar-refractivity contribution in [3.63, 3.8) is 0 Å². The van der Waals surface area contributed by atoms with Crippen LogP contribution in [0.15, 0.2) is 11.4 Å². The number of ether oxygens (including phenoxy) is 1. The monoisotopic (exact) mass is 209 g/mol. The molecule has 0 bridgehead atoms. The van der Waals surface area contributed by atoms with E-state index in [2.05, 4.69) is 23.8 Å². The number of likely N-dealkylation sites (N-methyl/N-ethyl adjacent to an activating group) is 1. The smallest absolute Gasteiger partial charge is 0.102 e. The van der Waals surface area contributed by atoms with Gasteiger partial charge in [-0.05, 0) is 36.9 Å². The lowest BCUT2D eigenvalue weighted by Gasteiger charge is -2.30. The molecule has 0 saturated heterocycles. The summed E-state index contributed by atoms with van der Waals surface area (Å²) in [4.78, 5) is 1.53. The zero-order valence-corrected chi connectivity index (χ0v) is 9.19. The van der Waals surface area contributed by atoms with Crippen molar-refractivity contribution in [2.24, 2.45) is 0 Å². The van der Waals surface area contributed by atoms with E-state index < -0.39 is 0 Å². The van der Waals surface area contributed by atoms with E-state index >= 15 is 0 Å². The molecular formula is C11H15NOS. The summed E-state index contributed by atoms with van der Waals surface area (Å²) >= 11 is 1.88. The fourth-order valence-electron chi connectivity index (χ4n) is 2.38. The summed E-state index contributed by atoms with van der Waals surface area (Å²) in [6.45, 7) is 0.890. The van der Waals surface area contributed by atoms with Gasteiger partial charge in [-0.1, -0.05) is 0 Å². The molecule has 76 valence electrons. The summed E-state index contributed by atoms with van der Waals surface area (Å²) in [5.41, 5.74) is 1.70. The molecule has 1 saturated carbocycles. The summed E-state index contributed by atoms with van der Waals surface area (Å²) in [5.74, 6) is 0. The Morgan fingerprint density at radius 1 is 1.57 bits per heavy atom. The van der Waals surface area contributed by atoms with Crippen LogP contribution in [0.2, 0.25) is 0 Å². The summed E-state index contributed by atoms with van der Waals surface area (Å²) in [7, 11) is 2.05. The van der Waals surface area contributed by atoms with Crippen molar-refractivity contribution in [1.82, 2.24) is 5.32 Å². The van der Waals surface area contributed by atoms with Crippen molar-refractivity contribution in [1.29, 1.82) is 0 Å². The quantitative estimate of drug-likeness (QED) is 0.805. The fourth-order valence-corrected chi connectivity index (χ4v) is 3.27. The first-order valence-electron chi connectivity index (χ1n) is 5.22. The molecule has 2 aliphatic rings. The van der Waals surface area contributed by atoms with Crippen molar-refractivity contribution in [3.8, 4) is 0 Å². The van der Waals surface area contributed by atoms with Gasteiger partial charge in [0, 0.05) is 16.8 Å². The zero-order valence-electron chi connectivity index (χ0n) is 8.38. The molecule has 2 heterocycles. The van der Waals surface area contributed by atoms with Gasteiger partial charge >= 0.3 is 0 Å². The van der Waals surface area contributed by atoms with Crippen molar-refractivity contribution >= 4 is 11.3 Å². The minimum absolute atomic E-state index is 0.260. The van der Waals surface area contributed by atoms with Crippen molar-refractivity contribution in [3.05, 3.63) is 21.9 Å². The average Bonchev–Trinajstić information content (AvgIpc) is 2.87. The number of rotatable bonds is 2. The molecule has 0 aromatic carbocycles. The number of hydrogen-bond acceptors (Lipinski definition) is 3. The van der Waals surface area contributed by atoms with Crippen LogP contribution in [0.3, 0.4) is 0 Å². The van der Waals surface area contributed by atoms with Gasteiger partial charge in [-0.2, -0.15) is 0 Å². The third kappa shape index (κ3) is 1.16. The molecule has 1 atom stereocenters. The molecule has 0 radical (unpaired) electrons. The molecule has 1 unspecified atom stereocenters. The van der Waals surface area contributed by atoms with Gasteiger partial charge in [-0.15, -0.1) is 11.3 Å². The highest BCUT2D eigenvalue weighted by Gasteiger charge is 2.51. The van der Waals surface area contributed by atoms with Crippen LogP contribution in [0.5, 0.6) is 0 Å². The third-order valence-corrected chi connectivity index (χ3v) is 4.46. The molecule has 3 rings (SSSR count). The van der Waals surface area contributed by atoms with Crippen LogP contribution in [-0.4, -0.2) is 19.2 Å². The largest absolute Gasteiger partial charge is 0.371 e. The third-order valence-electron chi connectivity index (χ3n) is 3.46. The Kier molecular flexibility index (Phi) is 1.94. The Balaban J connectivity index is 1.96. The average molecular weight is 209 g/mol. The van der Waals surface area contributed by atoms with Gasteiger partial charge in [0.1, 0.15) is 6.10 Å². The number of thiophene rings is 1. The lowest BCUT2D eigenvalue weighted by atomic mass is 9.98. The lowest BCUT2D eigenvalue weighted by molar-refractivity contribution is 0.0103. The molecule has 14 heavy (non-hydrogen) atoms. The van der Waals surface area contributed by atoms with Gasteiger partial charge in [-0.3, -0.25) is 0 Å². The summed E-state index contributed by atoms with van der Waals surface area (Å²) in [6, 6.07) is 2.24. The van der Waals surface area contributed by atoms with Gasteiger partial charge in [0.2, 0.25) is 0 Å². The van der Waals surface area contributed by atoms with Crippen molar-refractivity contribution < 1.29 is 4.74 Å². The van der Waals surface area contributed by atoms with Crippen molar-refractivity contribution in [2.45, 2.75) is 30.9 Å². The van der Waals surface area contributed by atoms with Crippen LogP contribution in [0, 0.1) is 0 Å². The molecule has 2 nitrogen and oxygen atoms in total. The minimum atomic E-state index is 0.260. The van der Waals surface area contributed by atoms with Crippen LogP contribution in [0.25, 0.3) is 0 Å². The van der Waals surface area contributed by atoms with Crippen LogP contribution in [-0.2, 0) is 11.2 Å². The molecule has 3 heteroatoms. The molecular weight excluding hydrogens is 194 g/mol. The highest BCUT2D eigenvalue weighted by atomic mass is 32.1. The Morgan fingerprint density at radius 2 is 2.43 bits per heavy atom. The van der Waals surface area contributed by atoms with Crippen LogP contribution in [0.1, 0.15) is 29.4 Å². The number of fused-ring (bicyclic) bond motifs is 1. The van der Waals surface area contributed by atoms with Gasteiger partial charge in [0.25, 0.3) is 0 Å². The Hall–Kier alpha value is -0.380. The second-order valence-electron chi connectivity index (χ2n) is 4.21. The first-order valence-corrected chi connectivity index (χ1v) is 6.10. The fraction of sp³-hybridized carbons (Fsp3) is 0.636. The minimum Gasteiger partial charge on any atom is -0.371 e. The summed E-state index contributed by atoms with van der Waals surface area (Å²) < 4.78 is 5.93. The normalized spacial score (nSPS) is 28.5. The summed E-state index contributed by atoms with van der Waals surface area (Å²) in [6.07, 6.45) is 3.92. The van der Waals surface area contributed by atoms with E-state index in [1.165, 1.54) is 23.3 Å². The lowest BCUT2D eigenvalue weighted by Crippen LogP contribution is -2.37. The van der Waals surface area contributed by atoms with E-state index in [1.807, 2.05) is 11.3 Å². The summed E-state index contributed by atoms with van der Waals surface area (Å²) in [5, 5.41) is 5.62. The second-order valence-corrected chi connectivity index (χ2v) is 5.21. The van der Waals surface area contributed by atoms with E-state index in [0.717, 1.165) is 13.0 Å². The van der Waals surface area contributed by atoms with E-state index in [4.69, 9.17) is 4.74 Å². The number of hydrogen-bond donors (Lipinski definition) is 1. The van der Waals surface area contributed by atoms with Gasteiger partial charge in [0.15, 0.2) is 0 Å². The van der Waals surface area contributed by atoms with E-state index in [0.29, 0.717) is 6.10 Å². The van der Waals surface area contributed by atoms with Gasteiger partial charge in [0.05, 0.1) is 6.61 Å². The molecule has 1 aromatic rings. The maximum Gasteiger partial charge on any atom is 0.102 e. The molecule has 1 N–H and O–H groups in total. The van der Waals surface area contributed by atoms with E-state index in [9.17, 15) is 0 Å². The maximum absolute atomic E-state index is 5.93. The van der Waals surface area contributed by atoms with Crippen LogP contribution in [0.4, 0.5) is 0 Å². The van der Waals surface area contributed by atoms with Crippen LogP contribution < -0.4 is 5.32 Å². The molecule has 1 aromatic heterocycles. The van der Waals surface area contributed by atoms with Crippen LogP contribution >= 0.6 is 11.3 Å². The maximum atomic E-state index is 5.93. The molecule has 0 amide bonds. The molecule has 1 fully saturated rings. The Bertz CT molecular complexity index is 343. The van der Waals surface area contributed by atoms with Crippen molar-refractivity contribution in [2.75, 3.05) is 13.7 Å². The standard InChI is InChI=1S/C11H15NOS/c1-12-11(4-5-11)10-8-3-7-14-9(8)2-6-13-10/h3,7,10,12H,2,4-6H2,1H3. The molecule has 1 aliphatic heterocycles. The van der Waals surface area contributed by atoms with E-state index in [-0.39, 0.29) is 5.54 Å². The molecule has 0 spiro atoms. The Morgan fingerprint density at radius 3 is 3.14 bits per heavy atom. The second kappa shape index (κ2) is 3.05. The number of nitrogens with one attached hydrogen (secondary N) is 1.